The first-order valence-electron chi connectivity index (χ1n) is 7.82. The summed E-state index contributed by atoms with van der Waals surface area (Å²) in [6, 6.07) is 9.84. The minimum atomic E-state index is -3.82. The summed E-state index contributed by atoms with van der Waals surface area (Å²) in [5.41, 5.74) is 0. The third kappa shape index (κ3) is 3.11. The Balaban J connectivity index is 1.90. The maximum Gasteiger partial charge on any atom is 0.246 e. The number of hydrogen-bond acceptors (Lipinski definition) is 3. The first-order valence-corrected chi connectivity index (χ1v) is 9.26. The van der Waals surface area contributed by atoms with Crippen LogP contribution >= 0.6 is 0 Å². The molecule has 2 aromatic rings. The number of aliphatic hydroxyl groups is 1. The second kappa shape index (κ2) is 6.55. The molecule has 0 aromatic heterocycles. The number of nitrogens with zero attached hydrogens (tertiary/aromatic N) is 1. The lowest BCUT2D eigenvalue weighted by Gasteiger charge is -2.17. The fourth-order valence-corrected chi connectivity index (χ4v) is 4.79. The van der Waals surface area contributed by atoms with Crippen molar-refractivity contribution >= 4 is 20.8 Å². The van der Waals surface area contributed by atoms with Gasteiger partial charge in [-0.25, -0.2) is 12.8 Å². The van der Waals surface area contributed by atoms with Gasteiger partial charge in [0.1, 0.15) is 4.90 Å². The van der Waals surface area contributed by atoms with Crippen LogP contribution in [-0.2, 0) is 10.0 Å². The number of aliphatic hydroxyl groups excluding tert-OH is 1. The molecule has 1 aliphatic rings. The van der Waals surface area contributed by atoms with Crippen LogP contribution in [0.1, 0.15) is 19.3 Å². The van der Waals surface area contributed by atoms with Crippen LogP contribution in [0.3, 0.4) is 0 Å². The molecule has 124 valence electrons. The monoisotopic (exact) mass is 337 g/mol. The normalized spacial score (nSPS) is 19.5. The van der Waals surface area contributed by atoms with Crippen molar-refractivity contribution < 1.29 is 17.9 Å². The lowest BCUT2D eigenvalue weighted by molar-refractivity contribution is 0.272. The van der Waals surface area contributed by atoms with E-state index in [2.05, 4.69) is 0 Å². The molecule has 23 heavy (non-hydrogen) atoms. The molecule has 1 unspecified atom stereocenters. The zero-order valence-electron chi connectivity index (χ0n) is 12.8. The van der Waals surface area contributed by atoms with Gasteiger partial charge in [-0.2, -0.15) is 4.31 Å². The number of rotatable bonds is 5. The average Bonchev–Trinajstić information content (AvgIpc) is 3.03. The highest BCUT2D eigenvalue weighted by molar-refractivity contribution is 7.89. The topological polar surface area (TPSA) is 57.6 Å². The smallest absolute Gasteiger partial charge is 0.246 e. The van der Waals surface area contributed by atoms with Crippen LogP contribution in [-0.4, -0.2) is 37.5 Å². The van der Waals surface area contributed by atoms with Crippen LogP contribution < -0.4 is 0 Å². The van der Waals surface area contributed by atoms with E-state index in [1.54, 1.807) is 30.3 Å². The minimum Gasteiger partial charge on any atom is -0.396 e. The summed E-state index contributed by atoms with van der Waals surface area (Å²) in [6.45, 7) is 0.919. The Kier molecular flexibility index (Phi) is 4.66. The van der Waals surface area contributed by atoms with E-state index in [-0.39, 0.29) is 17.4 Å². The number of benzene rings is 2. The standard InChI is InChI=1S/C17H20FNO3S/c18-17-15-6-2-1-5-14(15)7-8-16(17)23(21,22)19-10-9-13(12-19)4-3-11-20/h1-2,5-8,13,20H,3-4,9-12H2. The van der Waals surface area contributed by atoms with Gasteiger partial charge >= 0.3 is 0 Å². The molecule has 1 atom stereocenters. The molecular formula is C17H20FNO3S. The Morgan fingerprint density at radius 2 is 2.00 bits per heavy atom. The zero-order valence-corrected chi connectivity index (χ0v) is 13.6. The molecule has 1 aliphatic heterocycles. The van der Waals surface area contributed by atoms with E-state index < -0.39 is 15.8 Å². The fraction of sp³-hybridized carbons (Fsp3) is 0.412. The Hall–Kier alpha value is -1.50. The summed E-state index contributed by atoms with van der Waals surface area (Å²) in [7, 11) is -3.82. The number of halogens is 1. The van der Waals surface area contributed by atoms with Gasteiger partial charge in [-0.15, -0.1) is 0 Å². The molecule has 0 amide bonds. The second-order valence-corrected chi connectivity index (χ2v) is 7.89. The Bertz CT molecular complexity index is 807. The molecule has 1 heterocycles. The van der Waals surface area contributed by atoms with Crippen molar-refractivity contribution in [2.24, 2.45) is 5.92 Å². The first kappa shape index (κ1) is 16.4. The SMILES string of the molecule is O=S(=O)(c1ccc2ccccc2c1F)N1CCC(CCCO)C1. The van der Waals surface area contributed by atoms with E-state index >= 15 is 0 Å². The lowest BCUT2D eigenvalue weighted by Crippen LogP contribution is -2.29. The lowest BCUT2D eigenvalue weighted by atomic mass is 10.0. The average molecular weight is 337 g/mol. The number of fused-ring (bicyclic) bond motifs is 1. The minimum absolute atomic E-state index is 0.114. The van der Waals surface area contributed by atoms with Crippen molar-refractivity contribution in [3.8, 4) is 0 Å². The van der Waals surface area contributed by atoms with Gasteiger partial charge in [-0.1, -0.05) is 30.3 Å². The third-order valence-corrected chi connectivity index (χ3v) is 6.35. The molecule has 3 rings (SSSR count). The van der Waals surface area contributed by atoms with Gasteiger partial charge in [0.2, 0.25) is 10.0 Å². The first-order chi connectivity index (χ1) is 11.0. The molecule has 1 N–H and O–H groups in total. The summed E-state index contributed by atoms with van der Waals surface area (Å²) in [4.78, 5) is -0.251. The highest BCUT2D eigenvalue weighted by Crippen LogP contribution is 2.30. The maximum absolute atomic E-state index is 14.7. The van der Waals surface area contributed by atoms with Crippen LogP contribution in [0.5, 0.6) is 0 Å². The largest absolute Gasteiger partial charge is 0.396 e. The van der Waals surface area contributed by atoms with Gasteiger partial charge in [0.05, 0.1) is 0 Å². The predicted molar refractivity (Wildman–Crippen MR) is 87.1 cm³/mol. The molecule has 4 nitrogen and oxygen atoms in total. The number of sulfonamides is 1. The maximum atomic E-state index is 14.7. The van der Waals surface area contributed by atoms with Gasteiger partial charge in [0.25, 0.3) is 0 Å². The van der Waals surface area contributed by atoms with Crippen molar-refractivity contribution in [2.75, 3.05) is 19.7 Å². The van der Waals surface area contributed by atoms with Crippen LogP contribution in [0, 0.1) is 11.7 Å². The summed E-state index contributed by atoms with van der Waals surface area (Å²) < 4.78 is 41.6. The quantitative estimate of drug-likeness (QED) is 0.913. The fourth-order valence-electron chi connectivity index (χ4n) is 3.18. The molecule has 0 bridgehead atoms. The molecule has 1 fully saturated rings. The van der Waals surface area contributed by atoms with Crippen LogP contribution in [0.4, 0.5) is 4.39 Å². The summed E-state index contributed by atoms with van der Waals surface area (Å²) in [6.07, 6.45) is 2.22. The van der Waals surface area contributed by atoms with E-state index in [1.807, 2.05) is 0 Å². The molecule has 0 radical (unpaired) electrons. The van der Waals surface area contributed by atoms with Crippen molar-refractivity contribution in [2.45, 2.75) is 24.2 Å². The predicted octanol–water partition coefficient (Wildman–Crippen LogP) is 2.76. The molecular weight excluding hydrogens is 317 g/mol. The van der Waals surface area contributed by atoms with Gasteiger partial charge in [0, 0.05) is 25.1 Å². The Labute approximate surface area is 135 Å². The zero-order chi connectivity index (χ0) is 16.4. The molecule has 2 aromatic carbocycles. The van der Waals surface area contributed by atoms with E-state index in [1.165, 1.54) is 10.4 Å². The van der Waals surface area contributed by atoms with E-state index in [0.29, 0.717) is 30.3 Å². The van der Waals surface area contributed by atoms with Gasteiger partial charge in [-0.05, 0) is 36.6 Å². The van der Waals surface area contributed by atoms with E-state index in [0.717, 1.165) is 12.8 Å². The van der Waals surface area contributed by atoms with Gasteiger partial charge < -0.3 is 5.11 Å². The van der Waals surface area contributed by atoms with E-state index in [9.17, 15) is 12.8 Å². The van der Waals surface area contributed by atoms with Crippen molar-refractivity contribution in [1.29, 1.82) is 0 Å². The van der Waals surface area contributed by atoms with E-state index in [4.69, 9.17) is 5.11 Å². The van der Waals surface area contributed by atoms with Crippen LogP contribution in [0.25, 0.3) is 10.8 Å². The third-order valence-electron chi connectivity index (χ3n) is 4.46. The second-order valence-electron chi connectivity index (χ2n) is 5.98. The Morgan fingerprint density at radius 3 is 2.78 bits per heavy atom. The number of hydrogen-bond donors (Lipinski definition) is 1. The highest BCUT2D eigenvalue weighted by Gasteiger charge is 2.34. The molecule has 0 spiro atoms. The highest BCUT2D eigenvalue weighted by atomic mass is 32.2. The van der Waals surface area contributed by atoms with Crippen molar-refractivity contribution in [3.05, 3.63) is 42.2 Å². The van der Waals surface area contributed by atoms with Crippen LogP contribution in [0.2, 0.25) is 0 Å². The molecule has 0 aliphatic carbocycles. The summed E-state index contributed by atoms with van der Waals surface area (Å²) >= 11 is 0. The molecule has 6 heteroatoms. The van der Waals surface area contributed by atoms with Gasteiger partial charge in [-0.3, -0.25) is 0 Å². The van der Waals surface area contributed by atoms with Crippen molar-refractivity contribution in [1.82, 2.24) is 4.31 Å². The summed E-state index contributed by atoms with van der Waals surface area (Å²) in [5.74, 6) is -0.442. The van der Waals surface area contributed by atoms with Crippen molar-refractivity contribution in [3.63, 3.8) is 0 Å². The van der Waals surface area contributed by atoms with Gasteiger partial charge in [0.15, 0.2) is 5.82 Å². The Morgan fingerprint density at radius 1 is 1.22 bits per heavy atom. The van der Waals surface area contributed by atoms with Crippen LogP contribution in [0.15, 0.2) is 41.3 Å². The summed E-state index contributed by atoms with van der Waals surface area (Å²) in [5, 5.41) is 9.90. The molecule has 1 saturated heterocycles. The molecule has 0 saturated carbocycles.